The summed E-state index contributed by atoms with van der Waals surface area (Å²) in [5, 5.41) is 8.83. The van der Waals surface area contributed by atoms with Crippen molar-refractivity contribution in [1.82, 2.24) is 14.9 Å². The second kappa shape index (κ2) is 8.40. The van der Waals surface area contributed by atoms with Crippen LogP contribution in [0.1, 0.15) is 16.8 Å². The molecule has 0 atom stereocenters. The van der Waals surface area contributed by atoms with E-state index in [4.69, 9.17) is 9.84 Å². The van der Waals surface area contributed by atoms with Gasteiger partial charge in [-0.3, -0.25) is 4.90 Å². The van der Waals surface area contributed by atoms with E-state index in [9.17, 15) is 9.59 Å². The van der Waals surface area contributed by atoms with Gasteiger partial charge in [-0.1, -0.05) is 0 Å². The van der Waals surface area contributed by atoms with Crippen molar-refractivity contribution in [3.63, 3.8) is 0 Å². The van der Waals surface area contributed by atoms with E-state index in [1.165, 1.54) is 12.4 Å². The molecular weight excluding hydrogens is 288 g/mol. The average Bonchev–Trinajstić information content (AvgIpc) is 2.55. The third-order valence-corrected chi connectivity index (χ3v) is 3.47. The van der Waals surface area contributed by atoms with E-state index < -0.39 is 5.97 Å². The largest absolute Gasteiger partial charge is 0.478 e. The maximum absolute atomic E-state index is 10.8. The SMILES string of the molecule is O=CCCOCCN1CCN(c2ncc(C(=O)O)cn2)CC1. The first-order valence-electron chi connectivity index (χ1n) is 7.24. The van der Waals surface area contributed by atoms with Gasteiger partial charge < -0.3 is 19.5 Å². The molecule has 0 radical (unpaired) electrons. The van der Waals surface area contributed by atoms with Crippen molar-refractivity contribution in [2.45, 2.75) is 6.42 Å². The lowest BCUT2D eigenvalue weighted by molar-refractivity contribution is -0.108. The Bertz CT molecular complexity index is 486. The summed E-state index contributed by atoms with van der Waals surface area (Å²) in [6.07, 6.45) is 3.96. The number of hydrogen-bond donors (Lipinski definition) is 1. The zero-order chi connectivity index (χ0) is 15.8. The molecule has 0 aromatic carbocycles. The lowest BCUT2D eigenvalue weighted by Crippen LogP contribution is -2.47. The molecule has 0 saturated carbocycles. The Kier molecular flexibility index (Phi) is 6.23. The van der Waals surface area contributed by atoms with E-state index in [-0.39, 0.29) is 5.56 Å². The molecule has 1 aromatic rings. The number of aldehydes is 1. The summed E-state index contributed by atoms with van der Waals surface area (Å²) in [6, 6.07) is 0. The van der Waals surface area contributed by atoms with Crippen molar-refractivity contribution in [2.24, 2.45) is 0 Å². The van der Waals surface area contributed by atoms with E-state index in [1.54, 1.807) is 0 Å². The molecule has 0 aliphatic carbocycles. The average molecular weight is 308 g/mol. The first-order valence-corrected chi connectivity index (χ1v) is 7.24. The minimum atomic E-state index is -1.02. The number of anilines is 1. The van der Waals surface area contributed by atoms with Crippen LogP contribution >= 0.6 is 0 Å². The lowest BCUT2D eigenvalue weighted by Gasteiger charge is -2.34. The third kappa shape index (κ3) is 4.74. The Hall–Kier alpha value is -2.06. The first kappa shape index (κ1) is 16.3. The van der Waals surface area contributed by atoms with E-state index in [0.29, 0.717) is 25.6 Å². The van der Waals surface area contributed by atoms with Gasteiger partial charge in [0, 0.05) is 51.5 Å². The molecule has 1 aliphatic heterocycles. The summed E-state index contributed by atoms with van der Waals surface area (Å²) in [5.74, 6) is -0.460. The summed E-state index contributed by atoms with van der Waals surface area (Å²) < 4.78 is 5.36. The fraction of sp³-hybridized carbons (Fsp3) is 0.571. The lowest BCUT2D eigenvalue weighted by atomic mass is 10.3. The van der Waals surface area contributed by atoms with Gasteiger partial charge in [0.2, 0.25) is 5.95 Å². The Labute approximate surface area is 128 Å². The molecule has 120 valence electrons. The number of aromatic nitrogens is 2. The minimum absolute atomic E-state index is 0.0925. The van der Waals surface area contributed by atoms with Crippen LogP contribution in [0.5, 0.6) is 0 Å². The number of aromatic carboxylic acids is 1. The normalized spacial score (nSPS) is 15.7. The maximum atomic E-state index is 10.8. The Morgan fingerprint density at radius 2 is 1.91 bits per heavy atom. The molecule has 2 rings (SSSR count). The van der Waals surface area contributed by atoms with Crippen molar-refractivity contribution in [2.75, 3.05) is 50.8 Å². The minimum Gasteiger partial charge on any atom is -0.478 e. The number of hydrogen-bond acceptors (Lipinski definition) is 7. The highest BCUT2D eigenvalue weighted by molar-refractivity contribution is 5.86. The summed E-state index contributed by atoms with van der Waals surface area (Å²) >= 11 is 0. The predicted molar refractivity (Wildman–Crippen MR) is 79.1 cm³/mol. The molecule has 1 N–H and O–H groups in total. The number of carboxylic acid groups (broad SMARTS) is 1. The van der Waals surface area contributed by atoms with E-state index in [0.717, 1.165) is 39.0 Å². The van der Waals surface area contributed by atoms with E-state index >= 15 is 0 Å². The van der Waals surface area contributed by atoms with Crippen LogP contribution in [-0.2, 0) is 9.53 Å². The smallest absolute Gasteiger partial charge is 0.338 e. The fourth-order valence-electron chi connectivity index (χ4n) is 2.19. The fourth-order valence-corrected chi connectivity index (χ4v) is 2.19. The second-order valence-corrected chi connectivity index (χ2v) is 4.97. The van der Waals surface area contributed by atoms with Crippen LogP contribution in [0.25, 0.3) is 0 Å². The molecule has 2 heterocycles. The molecule has 1 saturated heterocycles. The number of carbonyl (C=O) groups is 2. The van der Waals surface area contributed by atoms with Crippen molar-refractivity contribution in [3.8, 4) is 0 Å². The zero-order valence-corrected chi connectivity index (χ0v) is 12.3. The van der Waals surface area contributed by atoms with Gasteiger partial charge in [0.05, 0.1) is 18.8 Å². The number of ether oxygens (including phenoxy) is 1. The molecule has 1 aliphatic rings. The first-order chi connectivity index (χ1) is 10.7. The predicted octanol–water partition coefficient (Wildman–Crippen LogP) is -0.0976. The molecule has 0 spiro atoms. The molecule has 1 aromatic heterocycles. The van der Waals surface area contributed by atoms with Gasteiger partial charge in [0.25, 0.3) is 0 Å². The molecule has 22 heavy (non-hydrogen) atoms. The van der Waals surface area contributed by atoms with E-state index in [1.807, 2.05) is 4.90 Å². The van der Waals surface area contributed by atoms with Crippen LogP contribution in [0.15, 0.2) is 12.4 Å². The van der Waals surface area contributed by atoms with Gasteiger partial charge in [-0.15, -0.1) is 0 Å². The topological polar surface area (TPSA) is 95.9 Å². The number of piperazine rings is 1. The molecule has 8 heteroatoms. The second-order valence-electron chi connectivity index (χ2n) is 4.97. The van der Waals surface area contributed by atoms with Gasteiger partial charge in [-0.25, -0.2) is 14.8 Å². The van der Waals surface area contributed by atoms with Crippen LogP contribution in [0.3, 0.4) is 0 Å². The number of rotatable bonds is 8. The van der Waals surface area contributed by atoms with Crippen molar-refractivity contribution in [3.05, 3.63) is 18.0 Å². The van der Waals surface area contributed by atoms with Gasteiger partial charge >= 0.3 is 5.97 Å². The van der Waals surface area contributed by atoms with E-state index in [2.05, 4.69) is 14.9 Å². The monoisotopic (exact) mass is 308 g/mol. The summed E-state index contributed by atoms with van der Waals surface area (Å²) in [5.41, 5.74) is 0.0925. The molecular formula is C14H20N4O4. The Balaban J connectivity index is 1.72. The number of carboxylic acids is 1. The quantitative estimate of drug-likeness (QED) is 0.525. The molecule has 0 unspecified atom stereocenters. The number of nitrogens with zero attached hydrogens (tertiary/aromatic N) is 4. The maximum Gasteiger partial charge on any atom is 0.338 e. The molecule has 1 fully saturated rings. The van der Waals surface area contributed by atoms with Gasteiger partial charge in [-0.05, 0) is 0 Å². The highest BCUT2D eigenvalue weighted by Gasteiger charge is 2.18. The van der Waals surface area contributed by atoms with Crippen LogP contribution in [0.2, 0.25) is 0 Å². The summed E-state index contributed by atoms with van der Waals surface area (Å²) in [4.78, 5) is 33.4. The van der Waals surface area contributed by atoms with Crippen LogP contribution in [0, 0.1) is 0 Å². The third-order valence-electron chi connectivity index (χ3n) is 3.47. The van der Waals surface area contributed by atoms with Gasteiger partial charge in [0.15, 0.2) is 0 Å². The van der Waals surface area contributed by atoms with Crippen LogP contribution in [-0.4, -0.2) is 78.2 Å². The highest BCUT2D eigenvalue weighted by Crippen LogP contribution is 2.10. The number of carbonyl (C=O) groups excluding carboxylic acids is 1. The Morgan fingerprint density at radius 1 is 1.23 bits per heavy atom. The van der Waals surface area contributed by atoms with Crippen molar-refractivity contribution >= 4 is 18.2 Å². The zero-order valence-electron chi connectivity index (χ0n) is 12.3. The van der Waals surface area contributed by atoms with Crippen molar-refractivity contribution in [1.29, 1.82) is 0 Å². The van der Waals surface area contributed by atoms with Gasteiger partial charge in [0.1, 0.15) is 6.29 Å². The van der Waals surface area contributed by atoms with Gasteiger partial charge in [-0.2, -0.15) is 0 Å². The standard InChI is InChI=1S/C14H20N4O4/c19-7-1-8-22-9-6-17-2-4-18(5-3-17)14-15-10-12(11-16-14)13(20)21/h7,10-11H,1-6,8-9H2,(H,20,21). The Morgan fingerprint density at radius 3 is 2.50 bits per heavy atom. The van der Waals surface area contributed by atoms with Crippen LogP contribution in [0.4, 0.5) is 5.95 Å². The molecule has 0 bridgehead atoms. The van der Waals surface area contributed by atoms with Crippen molar-refractivity contribution < 1.29 is 19.4 Å². The molecule has 0 amide bonds. The highest BCUT2D eigenvalue weighted by atomic mass is 16.5. The van der Waals surface area contributed by atoms with Crippen LogP contribution < -0.4 is 4.90 Å². The summed E-state index contributed by atoms with van der Waals surface area (Å²) in [6.45, 7) is 5.28. The molecule has 8 nitrogen and oxygen atoms in total. The summed E-state index contributed by atoms with van der Waals surface area (Å²) in [7, 11) is 0.